The van der Waals surface area contributed by atoms with E-state index < -0.39 is 0 Å². The molecule has 2 aromatic carbocycles. The highest BCUT2D eigenvalue weighted by atomic mass is 16.5. The standard InChI is InChI=1S/C25H29N3O2/c1-29-24-12-11-23(18-25(24)30-17-16-27-14-5-6-15-27)28(22-9-3-2-4-10-22)20-21-8-7-13-26-19-21/h2-4,7-13,18-19H,5-6,14-17,20H2,1H3. The van der Waals surface area contributed by atoms with Gasteiger partial charge in [-0.25, -0.2) is 0 Å². The van der Waals surface area contributed by atoms with Crippen molar-refractivity contribution in [3.8, 4) is 11.5 Å². The number of hydrogen-bond donors (Lipinski definition) is 0. The van der Waals surface area contributed by atoms with E-state index in [2.05, 4.69) is 57.2 Å². The second-order valence-electron chi connectivity index (χ2n) is 7.52. The minimum Gasteiger partial charge on any atom is -0.493 e. The molecule has 0 aliphatic carbocycles. The fourth-order valence-corrected chi connectivity index (χ4v) is 3.85. The van der Waals surface area contributed by atoms with E-state index in [1.165, 1.54) is 25.9 Å². The van der Waals surface area contributed by atoms with Crippen molar-refractivity contribution in [3.05, 3.63) is 78.6 Å². The third kappa shape index (κ3) is 5.10. The Morgan fingerprint density at radius 2 is 1.77 bits per heavy atom. The highest BCUT2D eigenvalue weighted by Gasteiger charge is 2.15. The van der Waals surface area contributed by atoms with E-state index >= 15 is 0 Å². The molecule has 5 heteroatoms. The number of aromatic nitrogens is 1. The van der Waals surface area contributed by atoms with E-state index in [0.717, 1.165) is 41.5 Å². The van der Waals surface area contributed by atoms with E-state index in [4.69, 9.17) is 9.47 Å². The van der Waals surface area contributed by atoms with Crippen LogP contribution in [0.15, 0.2) is 73.1 Å². The molecule has 0 spiro atoms. The number of anilines is 2. The summed E-state index contributed by atoms with van der Waals surface area (Å²) in [5, 5.41) is 0. The first-order valence-corrected chi connectivity index (χ1v) is 10.6. The lowest BCUT2D eigenvalue weighted by Gasteiger charge is -2.26. The van der Waals surface area contributed by atoms with Gasteiger partial charge in [-0.1, -0.05) is 24.3 Å². The zero-order chi connectivity index (χ0) is 20.6. The van der Waals surface area contributed by atoms with Gasteiger partial charge in [-0.05, 0) is 61.8 Å². The lowest BCUT2D eigenvalue weighted by atomic mass is 10.2. The van der Waals surface area contributed by atoms with Crippen LogP contribution in [0.4, 0.5) is 11.4 Å². The third-order valence-corrected chi connectivity index (χ3v) is 5.45. The molecule has 0 bridgehead atoms. The molecule has 1 aromatic heterocycles. The van der Waals surface area contributed by atoms with Gasteiger partial charge in [0.15, 0.2) is 11.5 Å². The Labute approximate surface area is 178 Å². The number of likely N-dealkylation sites (tertiary alicyclic amines) is 1. The number of nitrogens with zero attached hydrogens (tertiary/aromatic N) is 3. The first kappa shape index (κ1) is 20.2. The topological polar surface area (TPSA) is 37.8 Å². The van der Waals surface area contributed by atoms with Gasteiger partial charge in [-0.2, -0.15) is 0 Å². The molecule has 1 aliphatic heterocycles. The smallest absolute Gasteiger partial charge is 0.163 e. The molecule has 0 N–H and O–H groups in total. The Hall–Kier alpha value is -3.05. The predicted octanol–water partition coefficient (Wildman–Crippen LogP) is 4.90. The van der Waals surface area contributed by atoms with Gasteiger partial charge in [-0.3, -0.25) is 9.88 Å². The largest absolute Gasteiger partial charge is 0.493 e. The van der Waals surface area contributed by atoms with E-state index in [1.54, 1.807) is 13.3 Å². The molecule has 0 saturated carbocycles. The van der Waals surface area contributed by atoms with Crippen LogP contribution in [0.25, 0.3) is 0 Å². The molecule has 0 atom stereocenters. The summed E-state index contributed by atoms with van der Waals surface area (Å²) in [6.07, 6.45) is 6.29. The first-order valence-electron chi connectivity index (χ1n) is 10.6. The normalized spacial score (nSPS) is 13.9. The van der Waals surface area contributed by atoms with Crippen LogP contribution >= 0.6 is 0 Å². The third-order valence-electron chi connectivity index (χ3n) is 5.45. The van der Waals surface area contributed by atoms with E-state index in [-0.39, 0.29) is 0 Å². The minimum absolute atomic E-state index is 0.660. The average Bonchev–Trinajstić information content (AvgIpc) is 3.32. The lowest BCUT2D eigenvalue weighted by molar-refractivity contribution is 0.230. The van der Waals surface area contributed by atoms with Crippen LogP contribution in [0.1, 0.15) is 18.4 Å². The summed E-state index contributed by atoms with van der Waals surface area (Å²) in [6, 6.07) is 20.6. The Bertz CT molecular complexity index is 912. The number of pyridine rings is 1. The van der Waals surface area contributed by atoms with Crippen LogP contribution in [-0.4, -0.2) is 43.2 Å². The van der Waals surface area contributed by atoms with Crippen LogP contribution in [0.5, 0.6) is 11.5 Å². The fourth-order valence-electron chi connectivity index (χ4n) is 3.85. The molecule has 0 amide bonds. The Morgan fingerprint density at radius 3 is 2.50 bits per heavy atom. The monoisotopic (exact) mass is 403 g/mol. The average molecular weight is 404 g/mol. The lowest BCUT2D eigenvalue weighted by Crippen LogP contribution is -2.25. The van der Waals surface area contributed by atoms with Crippen molar-refractivity contribution >= 4 is 11.4 Å². The van der Waals surface area contributed by atoms with Crippen LogP contribution in [0, 0.1) is 0 Å². The summed E-state index contributed by atoms with van der Waals surface area (Å²) < 4.78 is 11.7. The molecule has 2 heterocycles. The number of ether oxygens (including phenoxy) is 2. The van der Waals surface area contributed by atoms with Gasteiger partial charge in [0.25, 0.3) is 0 Å². The Kier molecular flexibility index (Phi) is 6.83. The van der Waals surface area contributed by atoms with Crippen molar-refractivity contribution in [2.45, 2.75) is 19.4 Å². The van der Waals surface area contributed by atoms with E-state index in [0.29, 0.717) is 6.61 Å². The molecule has 4 rings (SSSR count). The molecule has 30 heavy (non-hydrogen) atoms. The van der Waals surface area contributed by atoms with Gasteiger partial charge in [0.1, 0.15) is 6.61 Å². The molecule has 5 nitrogen and oxygen atoms in total. The maximum Gasteiger partial charge on any atom is 0.163 e. The highest BCUT2D eigenvalue weighted by Crippen LogP contribution is 2.35. The molecule has 0 radical (unpaired) electrons. The van der Waals surface area contributed by atoms with Gasteiger partial charge < -0.3 is 14.4 Å². The maximum absolute atomic E-state index is 6.16. The summed E-state index contributed by atoms with van der Waals surface area (Å²) >= 11 is 0. The number of methoxy groups -OCH3 is 1. The molecular formula is C25H29N3O2. The minimum atomic E-state index is 0.660. The molecule has 0 unspecified atom stereocenters. The molecule has 156 valence electrons. The maximum atomic E-state index is 6.16. The summed E-state index contributed by atoms with van der Waals surface area (Å²) in [5.41, 5.74) is 3.32. The van der Waals surface area contributed by atoms with Crippen LogP contribution < -0.4 is 14.4 Å². The summed E-state index contributed by atoms with van der Waals surface area (Å²) in [7, 11) is 1.69. The highest BCUT2D eigenvalue weighted by molar-refractivity contribution is 5.66. The number of benzene rings is 2. The van der Waals surface area contributed by atoms with Crippen molar-refractivity contribution in [2.75, 3.05) is 38.3 Å². The number of rotatable bonds is 9. The molecule has 1 fully saturated rings. The number of hydrogen-bond acceptors (Lipinski definition) is 5. The van der Waals surface area contributed by atoms with Crippen LogP contribution in [-0.2, 0) is 6.54 Å². The van der Waals surface area contributed by atoms with Gasteiger partial charge in [0.2, 0.25) is 0 Å². The summed E-state index contributed by atoms with van der Waals surface area (Å²) in [4.78, 5) is 8.99. The van der Waals surface area contributed by atoms with Crippen molar-refractivity contribution < 1.29 is 9.47 Å². The summed E-state index contributed by atoms with van der Waals surface area (Å²) in [5.74, 6) is 1.54. The van der Waals surface area contributed by atoms with Gasteiger partial charge in [-0.15, -0.1) is 0 Å². The number of para-hydroxylation sites is 1. The zero-order valence-corrected chi connectivity index (χ0v) is 17.5. The van der Waals surface area contributed by atoms with Gasteiger partial charge in [0.05, 0.1) is 7.11 Å². The van der Waals surface area contributed by atoms with Crippen molar-refractivity contribution in [3.63, 3.8) is 0 Å². The fraction of sp³-hybridized carbons (Fsp3) is 0.320. The quantitative estimate of drug-likeness (QED) is 0.508. The zero-order valence-electron chi connectivity index (χ0n) is 17.5. The van der Waals surface area contributed by atoms with Gasteiger partial charge in [0, 0.05) is 42.9 Å². The van der Waals surface area contributed by atoms with Crippen molar-refractivity contribution in [1.82, 2.24) is 9.88 Å². The SMILES string of the molecule is COc1ccc(N(Cc2cccnc2)c2ccccc2)cc1OCCN1CCCC1. The summed E-state index contributed by atoms with van der Waals surface area (Å²) in [6.45, 7) is 4.68. The van der Waals surface area contributed by atoms with Gasteiger partial charge >= 0.3 is 0 Å². The van der Waals surface area contributed by atoms with Crippen LogP contribution in [0.2, 0.25) is 0 Å². The molecular weight excluding hydrogens is 374 g/mol. The van der Waals surface area contributed by atoms with Crippen molar-refractivity contribution in [2.24, 2.45) is 0 Å². The van der Waals surface area contributed by atoms with Crippen molar-refractivity contribution in [1.29, 1.82) is 0 Å². The van der Waals surface area contributed by atoms with Crippen LogP contribution in [0.3, 0.4) is 0 Å². The Morgan fingerprint density at radius 1 is 0.933 bits per heavy atom. The second-order valence-corrected chi connectivity index (χ2v) is 7.52. The predicted molar refractivity (Wildman–Crippen MR) is 121 cm³/mol. The second kappa shape index (κ2) is 10.1. The molecule has 1 saturated heterocycles. The molecule has 3 aromatic rings. The van der Waals surface area contributed by atoms with E-state index in [9.17, 15) is 0 Å². The molecule has 1 aliphatic rings. The first-order chi connectivity index (χ1) is 14.8. The van der Waals surface area contributed by atoms with E-state index in [1.807, 2.05) is 24.4 Å². The Balaban J connectivity index is 1.57.